The van der Waals surface area contributed by atoms with Crippen LogP contribution in [0, 0.1) is 0 Å². The largest absolute Gasteiger partial charge is 0.465 e. The minimum absolute atomic E-state index is 0.193. The molecule has 1 aromatic carbocycles. The Morgan fingerprint density at radius 1 is 1.13 bits per heavy atom. The number of ether oxygens (including phenoxy) is 1. The minimum atomic E-state index is -0.742. The van der Waals surface area contributed by atoms with Gasteiger partial charge in [-0.05, 0) is 24.6 Å². The van der Waals surface area contributed by atoms with E-state index >= 15 is 0 Å². The number of carbonyl (C=O) groups is 3. The first-order valence-electron chi connectivity index (χ1n) is 10.4. The van der Waals surface area contributed by atoms with E-state index in [1.54, 1.807) is 25.1 Å². The molecule has 0 radical (unpaired) electrons. The number of carbonyl (C=O) groups excluding carboxylic acids is 3. The second kappa shape index (κ2) is 10.7. The minimum Gasteiger partial charge on any atom is -0.465 e. The maximum atomic E-state index is 13.1. The van der Waals surface area contributed by atoms with Gasteiger partial charge in [-0.15, -0.1) is 0 Å². The van der Waals surface area contributed by atoms with Crippen molar-refractivity contribution in [2.45, 2.75) is 37.9 Å². The van der Waals surface area contributed by atoms with Gasteiger partial charge in [0.05, 0.1) is 6.61 Å². The average Bonchev–Trinajstić information content (AvgIpc) is 3.59. The van der Waals surface area contributed by atoms with Crippen molar-refractivity contribution in [3.05, 3.63) is 66.0 Å². The molecule has 8 nitrogen and oxygen atoms in total. The Kier molecular flexibility index (Phi) is 7.72. The number of rotatable bonds is 10. The van der Waals surface area contributed by atoms with Crippen molar-refractivity contribution in [1.29, 1.82) is 0 Å². The quantitative estimate of drug-likeness (QED) is 0.429. The second-order valence-electron chi connectivity index (χ2n) is 7.46. The van der Waals surface area contributed by atoms with Gasteiger partial charge >= 0.3 is 5.97 Å². The molecule has 1 fully saturated rings. The molecular weight excluding hydrogens is 396 g/mol. The normalized spacial score (nSPS) is 18.0. The molecule has 2 heterocycles. The summed E-state index contributed by atoms with van der Waals surface area (Å²) in [4.78, 5) is 43.5. The number of likely N-dealkylation sites (N-methyl/N-ethyl adjacent to an activating group) is 1. The smallest absolute Gasteiger partial charge is 0.325 e. The molecule has 31 heavy (non-hydrogen) atoms. The number of hydrogen-bond donors (Lipinski definition) is 2. The summed E-state index contributed by atoms with van der Waals surface area (Å²) < 4.78 is 4.94. The molecule has 2 aromatic rings. The first-order chi connectivity index (χ1) is 15.0. The molecule has 0 bridgehead atoms. The second-order valence-corrected chi connectivity index (χ2v) is 7.46. The Morgan fingerprint density at radius 3 is 2.55 bits per heavy atom. The van der Waals surface area contributed by atoms with E-state index in [0.29, 0.717) is 19.4 Å². The summed E-state index contributed by atoms with van der Waals surface area (Å²) in [7, 11) is 1.71. The van der Waals surface area contributed by atoms with E-state index in [9.17, 15) is 14.4 Å². The number of esters is 1. The summed E-state index contributed by atoms with van der Waals surface area (Å²) >= 11 is 0. The van der Waals surface area contributed by atoms with Crippen LogP contribution in [0.2, 0.25) is 0 Å². The van der Waals surface area contributed by atoms with Crippen LogP contribution in [-0.2, 0) is 32.0 Å². The summed E-state index contributed by atoms with van der Waals surface area (Å²) in [6, 6.07) is 13.1. The Hall–Kier alpha value is -3.26. The Bertz CT molecular complexity index is 891. The van der Waals surface area contributed by atoms with E-state index in [0.717, 1.165) is 11.3 Å². The fraction of sp³-hybridized carbons (Fsp3) is 0.391. The van der Waals surface area contributed by atoms with Crippen LogP contribution in [0.5, 0.6) is 0 Å². The molecule has 1 aliphatic rings. The van der Waals surface area contributed by atoms with Crippen LogP contribution < -0.4 is 10.6 Å². The summed E-state index contributed by atoms with van der Waals surface area (Å²) in [6.45, 7) is 2.44. The molecule has 3 atom stereocenters. The molecule has 1 aliphatic heterocycles. The van der Waals surface area contributed by atoms with Gasteiger partial charge in [0, 0.05) is 38.3 Å². The molecule has 3 rings (SSSR count). The number of benzene rings is 1. The molecule has 1 aromatic heterocycles. The van der Waals surface area contributed by atoms with Crippen LogP contribution in [0.3, 0.4) is 0 Å². The molecule has 2 N–H and O–H groups in total. The van der Waals surface area contributed by atoms with Crippen LogP contribution in [0.4, 0.5) is 0 Å². The Morgan fingerprint density at radius 2 is 1.87 bits per heavy atom. The molecule has 0 spiro atoms. The van der Waals surface area contributed by atoms with Gasteiger partial charge in [-0.25, -0.2) is 0 Å². The van der Waals surface area contributed by atoms with E-state index in [2.05, 4.69) is 15.6 Å². The standard InChI is InChI=1S/C23H28N4O4/c1-3-31-23(30)20-19(26-20)21(28)25-18(15-16-9-5-4-6-10-16)22(29)27(2)14-12-17-11-7-8-13-24-17/h4-11,13,18-20,26H,3,12,14-15H2,1-2H3,(H,25,28)/t18-,19-,20-/m0/s1. The van der Waals surface area contributed by atoms with Crippen molar-refractivity contribution in [2.75, 3.05) is 20.2 Å². The predicted octanol–water partition coefficient (Wildman–Crippen LogP) is 0.714. The molecule has 8 heteroatoms. The van der Waals surface area contributed by atoms with Crippen LogP contribution in [0.1, 0.15) is 18.2 Å². The first-order valence-corrected chi connectivity index (χ1v) is 10.4. The number of hydrogen-bond acceptors (Lipinski definition) is 6. The third-order valence-corrected chi connectivity index (χ3v) is 5.11. The maximum Gasteiger partial charge on any atom is 0.325 e. The lowest BCUT2D eigenvalue weighted by molar-refractivity contribution is -0.143. The van der Waals surface area contributed by atoms with Gasteiger partial charge in [0.2, 0.25) is 11.8 Å². The summed E-state index contributed by atoms with van der Waals surface area (Å²) in [5.41, 5.74) is 1.83. The van der Waals surface area contributed by atoms with Gasteiger partial charge in [0.15, 0.2) is 0 Å². The number of pyridine rings is 1. The highest BCUT2D eigenvalue weighted by Crippen LogP contribution is 2.14. The topological polar surface area (TPSA) is 111 Å². The zero-order valence-corrected chi connectivity index (χ0v) is 17.8. The van der Waals surface area contributed by atoms with Gasteiger partial charge in [0.25, 0.3) is 0 Å². The van der Waals surface area contributed by atoms with Crippen LogP contribution >= 0.6 is 0 Å². The Labute approximate surface area is 182 Å². The number of amides is 2. The van der Waals surface area contributed by atoms with Crippen molar-refractivity contribution >= 4 is 17.8 Å². The summed E-state index contributed by atoms with van der Waals surface area (Å²) in [5, 5.41) is 5.63. The fourth-order valence-corrected chi connectivity index (χ4v) is 3.32. The third kappa shape index (κ3) is 6.36. The highest BCUT2D eigenvalue weighted by molar-refractivity contribution is 5.97. The lowest BCUT2D eigenvalue weighted by Gasteiger charge is -2.25. The molecule has 0 unspecified atom stereocenters. The highest BCUT2D eigenvalue weighted by atomic mass is 16.5. The summed E-state index contributed by atoms with van der Waals surface area (Å²) in [6.07, 6.45) is 2.69. The number of aromatic nitrogens is 1. The monoisotopic (exact) mass is 424 g/mol. The highest BCUT2D eigenvalue weighted by Gasteiger charge is 2.49. The number of nitrogens with zero attached hydrogens (tertiary/aromatic N) is 2. The lowest BCUT2D eigenvalue weighted by atomic mass is 10.0. The van der Waals surface area contributed by atoms with Crippen LogP contribution in [-0.4, -0.2) is 66.0 Å². The molecule has 0 saturated carbocycles. The molecular formula is C23H28N4O4. The van der Waals surface area contributed by atoms with E-state index < -0.39 is 24.1 Å². The van der Waals surface area contributed by atoms with Crippen LogP contribution in [0.25, 0.3) is 0 Å². The third-order valence-electron chi connectivity index (χ3n) is 5.11. The van der Waals surface area contributed by atoms with E-state index in [4.69, 9.17) is 4.74 Å². The van der Waals surface area contributed by atoms with Gasteiger partial charge < -0.3 is 15.0 Å². The van der Waals surface area contributed by atoms with Crippen molar-refractivity contribution < 1.29 is 19.1 Å². The molecule has 164 valence electrons. The SMILES string of the molecule is CCOC(=O)[C@H]1N[C@@H]1C(=O)N[C@@H](Cc1ccccc1)C(=O)N(C)CCc1ccccn1. The van der Waals surface area contributed by atoms with E-state index in [-0.39, 0.29) is 18.4 Å². The van der Waals surface area contributed by atoms with E-state index in [1.165, 1.54) is 0 Å². The van der Waals surface area contributed by atoms with Crippen molar-refractivity contribution in [2.24, 2.45) is 0 Å². The van der Waals surface area contributed by atoms with Crippen molar-refractivity contribution in [1.82, 2.24) is 20.5 Å². The van der Waals surface area contributed by atoms with E-state index in [1.807, 2.05) is 48.5 Å². The lowest BCUT2D eigenvalue weighted by Crippen LogP contribution is -2.50. The summed E-state index contributed by atoms with van der Waals surface area (Å²) in [5.74, 6) is -1.03. The number of nitrogens with one attached hydrogen (secondary N) is 2. The van der Waals surface area contributed by atoms with Gasteiger partial charge in [-0.1, -0.05) is 36.4 Å². The zero-order chi connectivity index (χ0) is 22.2. The first kappa shape index (κ1) is 22.4. The predicted molar refractivity (Wildman–Crippen MR) is 115 cm³/mol. The van der Waals surface area contributed by atoms with Gasteiger partial charge in [0.1, 0.15) is 18.1 Å². The van der Waals surface area contributed by atoms with Crippen molar-refractivity contribution in [3.8, 4) is 0 Å². The Balaban J connectivity index is 1.63. The van der Waals surface area contributed by atoms with Gasteiger partial charge in [-0.3, -0.25) is 24.7 Å². The van der Waals surface area contributed by atoms with Crippen molar-refractivity contribution in [3.63, 3.8) is 0 Å². The average molecular weight is 425 g/mol. The zero-order valence-electron chi connectivity index (χ0n) is 17.8. The molecule has 1 saturated heterocycles. The molecule has 2 amide bonds. The molecule has 0 aliphatic carbocycles. The van der Waals surface area contributed by atoms with Crippen LogP contribution in [0.15, 0.2) is 54.7 Å². The maximum absolute atomic E-state index is 13.1. The fourth-order valence-electron chi connectivity index (χ4n) is 3.32. The van der Waals surface area contributed by atoms with Gasteiger partial charge in [-0.2, -0.15) is 0 Å².